The van der Waals surface area contributed by atoms with Gasteiger partial charge in [-0.1, -0.05) is 11.6 Å². The first-order valence-electron chi connectivity index (χ1n) is 7.12. The minimum Gasteiger partial charge on any atom is -0.465 e. The molecule has 0 saturated carbocycles. The third kappa shape index (κ3) is 3.69. The van der Waals surface area contributed by atoms with Crippen LogP contribution in [0.4, 0.5) is 19.7 Å². The maximum atomic E-state index is 14.4. The summed E-state index contributed by atoms with van der Waals surface area (Å²) in [6, 6.07) is 5.16. The number of aromatic nitrogens is 2. The first-order chi connectivity index (χ1) is 11.9. The van der Waals surface area contributed by atoms with Crippen LogP contribution in [0.25, 0.3) is 10.9 Å². The van der Waals surface area contributed by atoms with E-state index < -0.39 is 17.9 Å². The van der Waals surface area contributed by atoms with Gasteiger partial charge in [-0.3, -0.25) is 4.98 Å². The third-order valence-corrected chi connectivity index (χ3v) is 3.86. The summed E-state index contributed by atoms with van der Waals surface area (Å²) in [6.45, 7) is 0.182. The minimum absolute atomic E-state index is 0.0454. The second-order valence-electron chi connectivity index (χ2n) is 5.18. The fourth-order valence-corrected chi connectivity index (χ4v) is 2.69. The Hall–Kier alpha value is -3.13. The molecular formula is C16H12ClFN4O3. The van der Waals surface area contributed by atoms with E-state index in [4.69, 9.17) is 16.7 Å². The number of nitrogens with one attached hydrogen (secondary N) is 2. The van der Waals surface area contributed by atoms with Crippen molar-refractivity contribution in [2.75, 3.05) is 5.32 Å². The number of imide groups is 1. The van der Waals surface area contributed by atoms with Crippen molar-refractivity contribution in [2.45, 2.75) is 6.54 Å². The molecule has 0 fully saturated rings. The van der Waals surface area contributed by atoms with Crippen LogP contribution >= 0.6 is 11.6 Å². The molecule has 0 saturated heterocycles. The van der Waals surface area contributed by atoms with Crippen molar-refractivity contribution in [1.82, 2.24) is 14.9 Å². The Balaban J connectivity index is 1.85. The van der Waals surface area contributed by atoms with Gasteiger partial charge in [-0.25, -0.2) is 19.3 Å². The highest BCUT2D eigenvalue weighted by Crippen LogP contribution is 2.26. The van der Waals surface area contributed by atoms with Crippen molar-refractivity contribution in [3.8, 4) is 0 Å². The molecule has 0 aliphatic heterocycles. The molecule has 2 heterocycles. The summed E-state index contributed by atoms with van der Waals surface area (Å²) in [7, 11) is 0. The summed E-state index contributed by atoms with van der Waals surface area (Å²) in [5.41, 5.74) is 1.12. The van der Waals surface area contributed by atoms with Crippen LogP contribution in [-0.2, 0) is 6.54 Å². The monoisotopic (exact) mass is 362 g/mol. The van der Waals surface area contributed by atoms with E-state index in [0.29, 0.717) is 0 Å². The number of rotatable bonds is 3. The third-order valence-electron chi connectivity index (χ3n) is 3.52. The molecule has 128 valence electrons. The molecule has 0 unspecified atom stereocenters. The van der Waals surface area contributed by atoms with Crippen LogP contribution in [-0.4, -0.2) is 26.8 Å². The summed E-state index contributed by atoms with van der Waals surface area (Å²) in [6.07, 6.45) is 3.62. The summed E-state index contributed by atoms with van der Waals surface area (Å²) < 4.78 is 16.2. The lowest BCUT2D eigenvalue weighted by Crippen LogP contribution is -2.33. The molecule has 0 spiro atoms. The number of anilines is 1. The fourth-order valence-electron chi connectivity index (χ4n) is 2.42. The molecule has 0 radical (unpaired) electrons. The molecule has 7 nitrogen and oxygen atoms in total. The Bertz CT molecular complexity index is 950. The number of halogens is 2. The van der Waals surface area contributed by atoms with Crippen LogP contribution < -0.4 is 10.6 Å². The van der Waals surface area contributed by atoms with E-state index in [-0.39, 0.29) is 22.8 Å². The van der Waals surface area contributed by atoms with Gasteiger partial charge in [-0.15, -0.1) is 0 Å². The van der Waals surface area contributed by atoms with Crippen LogP contribution in [0.2, 0.25) is 5.02 Å². The molecule has 0 aliphatic rings. The van der Waals surface area contributed by atoms with Gasteiger partial charge in [0.2, 0.25) is 0 Å². The van der Waals surface area contributed by atoms with E-state index in [1.165, 1.54) is 6.07 Å². The van der Waals surface area contributed by atoms with E-state index in [2.05, 4.69) is 10.3 Å². The number of carbonyl (C=O) groups excluding carboxylic acids is 1. The molecular weight excluding hydrogens is 351 g/mol. The zero-order chi connectivity index (χ0) is 18.0. The van der Waals surface area contributed by atoms with E-state index in [1.54, 1.807) is 28.5 Å². The number of fused-ring (bicyclic) bond motifs is 1. The minimum atomic E-state index is -1.52. The number of amides is 3. The van der Waals surface area contributed by atoms with Crippen LogP contribution in [0.5, 0.6) is 0 Å². The van der Waals surface area contributed by atoms with Crippen molar-refractivity contribution >= 4 is 40.3 Å². The van der Waals surface area contributed by atoms with Crippen LogP contribution in [0.3, 0.4) is 0 Å². The van der Waals surface area contributed by atoms with Gasteiger partial charge in [-0.05, 0) is 24.3 Å². The summed E-state index contributed by atoms with van der Waals surface area (Å²) in [4.78, 5) is 25.8. The summed E-state index contributed by atoms with van der Waals surface area (Å²) >= 11 is 6.13. The highest BCUT2D eigenvalue weighted by molar-refractivity contribution is 6.31. The smallest absolute Gasteiger partial charge is 0.412 e. The van der Waals surface area contributed by atoms with Gasteiger partial charge in [0.1, 0.15) is 5.82 Å². The van der Waals surface area contributed by atoms with Gasteiger partial charge in [0.05, 0.1) is 23.3 Å². The fraction of sp³-hybridized carbons (Fsp3) is 0.0625. The molecule has 3 rings (SSSR count). The van der Waals surface area contributed by atoms with Crippen molar-refractivity contribution in [2.24, 2.45) is 0 Å². The quantitative estimate of drug-likeness (QED) is 0.662. The van der Waals surface area contributed by atoms with Crippen LogP contribution in [0, 0.1) is 5.82 Å². The van der Waals surface area contributed by atoms with Gasteiger partial charge in [0.15, 0.2) is 0 Å². The van der Waals surface area contributed by atoms with Gasteiger partial charge in [0, 0.05) is 29.0 Å². The largest absolute Gasteiger partial charge is 0.465 e. The number of hydrogen-bond donors (Lipinski definition) is 3. The van der Waals surface area contributed by atoms with Gasteiger partial charge in [0.25, 0.3) is 0 Å². The van der Waals surface area contributed by atoms with Crippen LogP contribution in [0.15, 0.2) is 42.9 Å². The number of nitrogens with zero attached hydrogens (tertiary/aromatic N) is 2. The lowest BCUT2D eigenvalue weighted by atomic mass is 10.2. The van der Waals surface area contributed by atoms with Crippen molar-refractivity contribution in [3.63, 3.8) is 0 Å². The summed E-state index contributed by atoms with van der Waals surface area (Å²) in [5.74, 6) is -0.621. The Morgan fingerprint density at radius 1 is 1.32 bits per heavy atom. The Labute approximate surface area is 146 Å². The van der Waals surface area contributed by atoms with Crippen molar-refractivity contribution in [1.29, 1.82) is 0 Å². The molecule has 3 aromatic rings. The number of carboxylic acid groups (broad SMARTS) is 1. The zero-order valence-corrected chi connectivity index (χ0v) is 13.4. The number of hydrogen-bond acceptors (Lipinski definition) is 3. The Morgan fingerprint density at radius 3 is 2.84 bits per heavy atom. The molecule has 1 aromatic carbocycles. The van der Waals surface area contributed by atoms with E-state index in [9.17, 15) is 14.0 Å². The molecule has 25 heavy (non-hydrogen) atoms. The molecule has 0 aliphatic carbocycles. The average Bonchev–Trinajstić information content (AvgIpc) is 2.93. The number of pyridine rings is 1. The lowest BCUT2D eigenvalue weighted by molar-refractivity contribution is 0.194. The number of benzene rings is 1. The second-order valence-corrected chi connectivity index (χ2v) is 5.59. The average molecular weight is 363 g/mol. The molecule has 3 amide bonds. The van der Waals surface area contributed by atoms with Crippen molar-refractivity contribution < 1.29 is 19.1 Å². The second kappa shape index (κ2) is 6.78. The molecule has 9 heteroatoms. The Kier molecular flexibility index (Phi) is 4.53. The highest BCUT2D eigenvalue weighted by Gasteiger charge is 2.14. The van der Waals surface area contributed by atoms with Gasteiger partial charge in [-0.2, -0.15) is 0 Å². The molecule has 3 N–H and O–H groups in total. The van der Waals surface area contributed by atoms with E-state index in [0.717, 1.165) is 17.0 Å². The first kappa shape index (κ1) is 16.7. The first-order valence-corrected chi connectivity index (χ1v) is 7.49. The number of carbonyl (C=O) groups is 2. The normalized spacial score (nSPS) is 10.6. The van der Waals surface area contributed by atoms with Crippen molar-refractivity contribution in [3.05, 3.63) is 59.3 Å². The SMILES string of the molecule is O=C(O)NC(=O)Nc1cc(F)c(Cn2ccc3ccncc32)c(Cl)c1. The predicted molar refractivity (Wildman–Crippen MR) is 90.4 cm³/mol. The van der Waals surface area contributed by atoms with Crippen LogP contribution in [0.1, 0.15) is 5.56 Å². The number of urea groups is 1. The van der Waals surface area contributed by atoms with E-state index >= 15 is 0 Å². The Morgan fingerprint density at radius 2 is 2.12 bits per heavy atom. The predicted octanol–water partition coefficient (Wildman–Crippen LogP) is 3.68. The van der Waals surface area contributed by atoms with Gasteiger partial charge < -0.3 is 15.0 Å². The summed E-state index contributed by atoms with van der Waals surface area (Å²) in [5, 5.41) is 13.3. The maximum absolute atomic E-state index is 14.4. The van der Waals surface area contributed by atoms with E-state index in [1.807, 2.05) is 12.1 Å². The maximum Gasteiger partial charge on any atom is 0.412 e. The van der Waals surface area contributed by atoms with Gasteiger partial charge >= 0.3 is 12.1 Å². The molecule has 2 aromatic heterocycles. The highest BCUT2D eigenvalue weighted by atomic mass is 35.5. The lowest BCUT2D eigenvalue weighted by Gasteiger charge is -2.11. The molecule has 0 atom stereocenters. The zero-order valence-electron chi connectivity index (χ0n) is 12.7. The molecule has 0 bridgehead atoms. The topological polar surface area (TPSA) is 96.3 Å². The standard InChI is InChI=1S/C16H12ClFN4O3/c17-12-5-10(20-15(23)21-16(24)25)6-13(18)11(12)8-22-4-2-9-1-3-19-7-14(9)22/h1-7H,8H2,(H,24,25)(H2,20,21,23).